The van der Waals surface area contributed by atoms with Crippen molar-refractivity contribution in [2.24, 2.45) is 0 Å². The molecular weight excluding hydrogens is 444 g/mol. The van der Waals surface area contributed by atoms with Gasteiger partial charge in [0.25, 0.3) is 0 Å². The van der Waals surface area contributed by atoms with Crippen molar-refractivity contribution in [2.75, 3.05) is 25.5 Å². The molecule has 0 aliphatic carbocycles. The summed E-state index contributed by atoms with van der Waals surface area (Å²) in [5.41, 5.74) is 1.23. The minimum absolute atomic E-state index is 0.140. The number of carbonyl (C=O) groups excluding carboxylic acids is 1. The van der Waals surface area contributed by atoms with E-state index in [0.29, 0.717) is 41.8 Å². The molecule has 0 atom stereocenters. The fraction of sp³-hybridized carbons (Fsp3) is 0.348. The summed E-state index contributed by atoms with van der Waals surface area (Å²) in [6, 6.07) is 13.6. The second kappa shape index (κ2) is 10.1. The molecule has 0 bridgehead atoms. The van der Waals surface area contributed by atoms with Crippen LogP contribution < -0.4 is 10.1 Å². The van der Waals surface area contributed by atoms with Crippen molar-refractivity contribution >= 4 is 21.6 Å². The summed E-state index contributed by atoms with van der Waals surface area (Å²) < 4.78 is 37.6. The molecule has 1 fully saturated rings. The Kier molecular flexibility index (Phi) is 7.05. The number of benzene rings is 2. The van der Waals surface area contributed by atoms with Crippen LogP contribution in [-0.2, 0) is 21.2 Å². The highest BCUT2D eigenvalue weighted by molar-refractivity contribution is 7.89. The average molecular weight is 471 g/mol. The number of amides is 1. The molecule has 1 saturated heterocycles. The van der Waals surface area contributed by atoms with Crippen LogP contribution in [0.1, 0.15) is 31.6 Å². The van der Waals surface area contributed by atoms with Gasteiger partial charge in [0.15, 0.2) is 0 Å². The number of aromatic nitrogens is 2. The van der Waals surface area contributed by atoms with Crippen LogP contribution in [0.3, 0.4) is 0 Å². The van der Waals surface area contributed by atoms with Crippen molar-refractivity contribution in [1.29, 1.82) is 0 Å². The predicted molar refractivity (Wildman–Crippen MR) is 122 cm³/mol. The third kappa shape index (κ3) is 5.40. The largest absolute Gasteiger partial charge is 0.496 e. The minimum atomic E-state index is -3.50. The van der Waals surface area contributed by atoms with Crippen LogP contribution >= 0.6 is 0 Å². The molecule has 1 aliphatic heterocycles. The molecule has 3 aromatic rings. The molecule has 1 aromatic heterocycles. The maximum absolute atomic E-state index is 12.7. The topological polar surface area (TPSA) is 115 Å². The Bertz CT molecular complexity index is 1200. The van der Waals surface area contributed by atoms with Gasteiger partial charge in [0.05, 0.1) is 17.6 Å². The Morgan fingerprint density at radius 3 is 2.55 bits per heavy atom. The summed E-state index contributed by atoms with van der Waals surface area (Å²) in [6.07, 6.45) is 3.24. The number of carbonyl (C=O) groups is 1. The van der Waals surface area contributed by atoms with Crippen LogP contribution in [-0.4, -0.2) is 49.0 Å². The second-order valence-electron chi connectivity index (χ2n) is 7.75. The van der Waals surface area contributed by atoms with Gasteiger partial charge >= 0.3 is 0 Å². The molecule has 4 rings (SSSR count). The fourth-order valence-corrected chi connectivity index (χ4v) is 5.22. The van der Waals surface area contributed by atoms with Gasteiger partial charge in [-0.15, -0.1) is 0 Å². The number of ether oxygens (including phenoxy) is 1. The minimum Gasteiger partial charge on any atom is -0.496 e. The van der Waals surface area contributed by atoms with E-state index < -0.39 is 10.0 Å². The fourth-order valence-electron chi connectivity index (χ4n) is 3.70. The van der Waals surface area contributed by atoms with Gasteiger partial charge in [0, 0.05) is 31.6 Å². The molecule has 33 heavy (non-hydrogen) atoms. The first-order chi connectivity index (χ1) is 16.0. The first-order valence-corrected chi connectivity index (χ1v) is 12.3. The van der Waals surface area contributed by atoms with E-state index in [1.54, 1.807) is 19.2 Å². The van der Waals surface area contributed by atoms with E-state index in [0.717, 1.165) is 19.3 Å². The predicted octanol–water partition coefficient (Wildman–Crippen LogP) is 3.49. The quantitative estimate of drug-likeness (QED) is 0.536. The lowest BCUT2D eigenvalue weighted by atomic mass is 10.2. The van der Waals surface area contributed by atoms with E-state index in [-0.39, 0.29) is 23.6 Å². The first kappa shape index (κ1) is 22.9. The van der Waals surface area contributed by atoms with Gasteiger partial charge in [0.1, 0.15) is 5.75 Å². The maximum atomic E-state index is 12.7. The van der Waals surface area contributed by atoms with Gasteiger partial charge in [-0.1, -0.05) is 23.7 Å². The van der Waals surface area contributed by atoms with Gasteiger partial charge in [-0.05, 0) is 49.2 Å². The van der Waals surface area contributed by atoms with Crippen LogP contribution in [0.4, 0.5) is 5.69 Å². The average Bonchev–Trinajstić information content (AvgIpc) is 3.32. The SMILES string of the molecule is COc1ccccc1-c1noc(CCC(=O)Nc2ccc(S(=O)(=O)N3CCCCC3)cc2)n1. The molecule has 0 spiro atoms. The van der Waals surface area contributed by atoms with Crippen LogP contribution in [0, 0.1) is 0 Å². The summed E-state index contributed by atoms with van der Waals surface area (Å²) in [7, 11) is -1.93. The zero-order chi connectivity index (χ0) is 23.3. The van der Waals surface area contributed by atoms with Gasteiger partial charge in [0.2, 0.25) is 27.6 Å². The molecule has 0 saturated carbocycles. The summed E-state index contributed by atoms with van der Waals surface area (Å²) in [5.74, 6) is 1.13. The first-order valence-electron chi connectivity index (χ1n) is 10.8. The molecule has 1 aliphatic rings. The highest BCUT2D eigenvalue weighted by Crippen LogP contribution is 2.27. The zero-order valence-corrected chi connectivity index (χ0v) is 19.2. The third-order valence-electron chi connectivity index (χ3n) is 5.47. The lowest BCUT2D eigenvalue weighted by Crippen LogP contribution is -2.35. The van der Waals surface area contributed by atoms with Crippen molar-refractivity contribution < 1.29 is 22.5 Å². The molecular formula is C23H26N4O5S. The molecule has 174 valence electrons. The van der Waals surface area contributed by atoms with Gasteiger partial charge in [-0.2, -0.15) is 9.29 Å². The standard InChI is InChI=1S/C23H26N4O5S/c1-31-20-8-4-3-7-19(20)23-25-22(32-26-23)14-13-21(28)24-17-9-11-18(12-10-17)33(29,30)27-15-5-2-6-16-27/h3-4,7-12H,2,5-6,13-16H2,1H3,(H,24,28). The molecule has 9 nitrogen and oxygen atoms in total. The van der Waals surface area contributed by atoms with Crippen LogP contribution in [0.5, 0.6) is 5.75 Å². The zero-order valence-electron chi connectivity index (χ0n) is 18.4. The Morgan fingerprint density at radius 2 is 1.82 bits per heavy atom. The number of piperidine rings is 1. The Labute approximate surface area is 192 Å². The molecule has 1 N–H and O–H groups in total. The van der Waals surface area contributed by atoms with Gasteiger partial charge < -0.3 is 14.6 Å². The van der Waals surface area contributed by atoms with Gasteiger partial charge in [-0.25, -0.2) is 8.42 Å². The Morgan fingerprint density at radius 1 is 1.09 bits per heavy atom. The number of hydrogen-bond acceptors (Lipinski definition) is 7. The van der Waals surface area contributed by atoms with Crippen LogP contribution in [0.15, 0.2) is 57.9 Å². The summed E-state index contributed by atoms with van der Waals surface area (Å²) in [4.78, 5) is 16.9. The molecule has 2 heterocycles. The third-order valence-corrected chi connectivity index (χ3v) is 7.39. The van der Waals surface area contributed by atoms with Crippen LogP contribution in [0.25, 0.3) is 11.4 Å². The maximum Gasteiger partial charge on any atom is 0.243 e. The smallest absolute Gasteiger partial charge is 0.243 e. The second-order valence-corrected chi connectivity index (χ2v) is 9.69. The normalized spacial score (nSPS) is 14.7. The summed E-state index contributed by atoms with van der Waals surface area (Å²) >= 11 is 0. The number of hydrogen-bond donors (Lipinski definition) is 1. The highest BCUT2D eigenvalue weighted by atomic mass is 32.2. The Balaban J connectivity index is 1.33. The van der Waals surface area contributed by atoms with Crippen molar-refractivity contribution in [2.45, 2.75) is 37.0 Å². The van der Waals surface area contributed by atoms with Crippen LogP contribution in [0.2, 0.25) is 0 Å². The van der Waals surface area contributed by atoms with Gasteiger partial charge in [-0.3, -0.25) is 4.79 Å². The monoisotopic (exact) mass is 470 g/mol. The number of methoxy groups -OCH3 is 1. The number of para-hydroxylation sites is 1. The van der Waals surface area contributed by atoms with Crippen molar-refractivity contribution in [3.8, 4) is 17.1 Å². The molecule has 1 amide bonds. The molecule has 0 unspecified atom stereocenters. The number of aryl methyl sites for hydroxylation is 1. The van der Waals surface area contributed by atoms with E-state index in [1.165, 1.54) is 16.4 Å². The number of anilines is 1. The molecule has 2 aromatic carbocycles. The van der Waals surface area contributed by atoms with E-state index in [1.807, 2.05) is 24.3 Å². The summed E-state index contributed by atoms with van der Waals surface area (Å²) in [6.45, 7) is 1.10. The van der Waals surface area contributed by atoms with E-state index in [9.17, 15) is 13.2 Å². The Hall–Kier alpha value is -3.24. The van der Waals surface area contributed by atoms with Crippen molar-refractivity contribution in [3.05, 3.63) is 54.4 Å². The van der Waals surface area contributed by atoms with Crippen molar-refractivity contribution in [1.82, 2.24) is 14.4 Å². The van der Waals surface area contributed by atoms with E-state index in [2.05, 4.69) is 15.5 Å². The number of rotatable bonds is 8. The number of nitrogens with zero attached hydrogens (tertiary/aromatic N) is 3. The summed E-state index contributed by atoms with van der Waals surface area (Å²) in [5, 5.41) is 6.74. The lowest BCUT2D eigenvalue weighted by Gasteiger charge is -2.25. The number of nitrogens with one attached hydrogen (secondary N) is 1. The van der Waals surface area contributed by atoms with E-state index in [4.69, 9.17) is 9.26 Å². The lowest BCUT2D eigenvalue weighted by molar-refractivity contribution is -0.116. The highest BCUT2D eigenvalue weighted by Gasteiger charge is 2.25. The molecule has 10 heteroatoms. The van der Waals surface area contributed by atoms with Crippen molar-refractivity contribution in [3.63, 3.8) is 0 Å². The number of sulfonamides is 1. The van der Waals surface area contributed by atoms with E-state index >= 15 is 0 Å². The molecule has 0 radical (unpaired) electrons.